The van der Waals surface area contributed by atoms with Crippen LogP contribution in [0.25, 0.3) is 0 Å². The summed E-state index contributed by atoms with van der Waals surface area (Å²) in [5.74, 6) is 0.108. The average molecular weight is 346 g/mol. The molecule has 1 aliphatic heterocycles. The van der Waals surface area contributed by atoms with Gasteiger partial charge >= 0.3 is 0 Å². The van der Waals surface area contributed by atoms with Crippen LogP contribution in [-0.2, 0) is 4.79 Å². The molecule has 1 aromatic heterocycles. The number of carbonyl (C=O) groups is 2. The van der Waals surface area contributed by atoms with Crippen molar-refractivity contribution < 1.29 is 9.59 Å². The molecule has 0 aromatic carbocycles. The summed E-state index contributed by atoms with van der Waals surface area (Å²) in [6, 6.07) is -0.394. The molecule has 0 saturated carbocycles. The Morgan fingerprint density at radius 2 is 2.42 bits per heavy atom. The summed E-state index contributed by atoms with van der Waals surface area (Å²) in [6.45, 7) is 5.12. The fourth-order valence-corrected chi connectivity index (χ4v) is 3.17. The maximum absolute atomic E-state index is 12.5. The van der Waals surface area contributed by atoms with Crippen molar-refractivity contribution in [3.63, 3.8) is 0 Å². The van der Waals surface area contributed by atoms with Gasteiger partial charge in [0, 0.05) is 13.1 Å². The molecule has 0 bridgehead atoms. The Labute approximate surface area is 124 Å². The normalized spacial score (nSPS) is 19.7. The van der Waals surface area contributed by atoms with Crippen molar-refractivity contribution in [2.75, 3.05) is 13.1 Å². The third-order valence-corrected chi connectivity index (χ3v) is 4.56. The van der Waals surface area contributed by atoms with E-state index in [1.54, 1.807) is 10.4 Å². The van der Waals surface area contributed by atoms with Crippen molar-refractivity contribution in [1.82, 2.24) is 15.2 Å². The Morgan fingerprint density at radius 1 is 1.68 bits per heavy atom. The molecule has 5 nitrogen and oxygen atoms in total. The number of halogens is 1. The number of piperazine rings is 1. The number of carbonyl (C=O) groups excluding carboxylic acids is 2. The second-order valence-corrected chi connectivity index (χ2v) is 7.08. The molecule has 1 aromatic rings. The van der Waals surface area contributed by atoms with E-state index in [0.717, 1.165) is 0 Å². The highest BCUT2D eigenvalue weighted by Crippen LogP contribution is 2.24. The number of nitrogens with one attached hydrogen (secondary N) is 1. The Kier molecular flexibility index (Phi) is 4.57. The lowest BCUT2D eigenvalue weighted by atomic mass is 10.00. The quantitative estimate of drug-likeness (QED) is 0.909. The molecule has 0 radical (unpaired) electrons. The SMILES string of the molecule is CC(C)CC1C(=O)NCCN1C(=O)c1ncsc1Br. The summed E-state index contributed by atoms with van der Waals surface area (Å²) >= 11 is 4.70. The van der Waals surface area contributed by atoms with E-state index in [1.165, 1.54) is 11.3 Å². The highest BCUT2D eigenvalue weighted by molar-refractivity contribution is 9.11. The number of hydrogen-bond acceptors (Lipinski definition) is 4. The van der Waals surface area contributed by atoms with Crippen LogP contribution < -0.4 is 5.32 Å². The molecule has 1 atom stereocenters. The van der Waals surface area contributed by atoms with E-state index in [0.29, 0.717) is 34.9 Å². The lowest BCUT2D eigenvalue weighted by molar-refractivity contribution is -0.128. The minimum Gasteiger partial charge on any atom is -0.353 e. The van der Waals surface area contributed by atoms with Gasteiger partial charge in [0.05, 0.1) is 5.51 Å². The molecule has 19 heavy (non-hydrogen) atoms. The summed E-state index contributed by atoms with van der Waals surface area (Å²) in [5, 5.41) is 2.82. The van der Waals surface area contributed by atoms with Gasteiger partial charge in [-0.1, -0.05) is 13.8 Å². The number of aromatic nitrogens is 1. The van der Waals surface area contributed by atoms with E-state index >= 15 is 0 Å². The Morgan fingerprint density at radius 3 is 3.00 bits per heavy atom. The molecule has 2 heterocycles. The van der Waals surface area contributed by atoms with Gasteiger partial charge in [0.2, 0.25) is 5.91 Å². The van der Waals surface area contributed by atoms with Gasteiger partial charge < -0.3 is 10.2 Å². The van der Waals surface area contributed by atoms with Crippen LogP contribution in [0.15, 0.2) is 9.30 Å². The Hall–Kier alpha value is -0.950. The topological polar surface area (TPSA) is 62.3 Å². The molecule has 0 spiro atoms. The molecule has 1 unspecified atom stereocenters. The van der Waals surface area contributed by atoms with Gasteiger partial charge in [-0.2, -0.15) is 0 Å². The van der Waals surface area contributed by atoms with E-state index in [1.807, 2.05) is 13.8 Å². The molecule has 2 rings (SSSR count). The second-order valence-electron chi connectivity index (χ2n) is 4.91. The van der Waals surface area contributed by atoms with E-state index in [4.69, 9.17) is 0 Å². The first-order valence-corrected chi connectivity index (χ1v) is 7.85. The third kappa shape index (κ3) is 3.14. The predicted octanol–water partition coefficient (Wildman–Crippen LogP) is 1.89. The molecule has 1 saturated heterocycles. The van der Waals surface area contributed by atoms with Crippen molar-refractivity contribution in [1.29, 1.82) is 0 Å². The van der Waals surface area contributed by atoms with E-state index in [-0.39, 0.29) is 11.8 Å². The summed E-state index contributed by atoms with van der Waals surface area (Å²) in [7, 11) is 0. The van der Waals surface area contributed by atoms with Crippen molar-refractivity contribution in [2.24, 2.45) is 5.92 Å². The van der Waals surface area contributed by atoms with Crippen molar-refractivity contribution in [3.05, 3.63) is 15.0 Å². The summed E-state index contributed by atoms with van der Waals surface area (Å²) < 4.78 is 0.715. The zero-order valence-electron chi connectivity index (χ0n) is 10.9. The molecule has 1 aliphatic rings. The summed E-state index contributed by atoms with van der Waals surface area (Å²) in [5.41, 5.74) is 2.02. The van der Waals surface area contributed by atoms with Crippen LogP contribution in [0, 0.1) is 5.92 Å². The minimum absolute atomic E-state index is 0.0698. The maximum atomic E-state index is 12.5. The monoisotopic (exact) mass is 345 g/mol. The Balaban J connectivity index is 2.22. The summed E-state index contributed by atoms with van der Waals surface area (Å²) in [6.07, 6.45) is 0.666. The largest absolute Gasteiger partial charge is 0.353 e. The van der Waals surface area contributed by atoms with Crippen LogP contribution in [-0.4, -0.2) is 40.8 Å². The average Bonchev–Trinajstić information content (AvgIpc) is 2.77. The number of thiazole rings is 1. The van der Waals surface area contributed by atoms with Crippen LogP contribution in [0.2, 0.25) is 0 Å². The maximum Gasteiger partial charge on any atom is 0.275 e. The predicted molar refractivity (Wildman–Crippen MR) is 77.1 cm³/mol. The standard InChI is InChI=1S/C12H16BrN3O2S/c1-7(2)5-8-11(17)14-3-4-16(8)12(18)9-10(13)19-6-15-9/h6-8H,3-5H2,1-2H3,(H,14,17). The highest BCUT2D eigenvalue weighted by Gasteiger charge is 2.35. The first-order chi connectivity index (χ1) is 9.00. The number of amides is 2. The lowest BCUT2D eigenvalue weighted by Crippen LogP contribution is -2.57. The first kappa shape index (κ1) is 14.5. The van der Waals surface area contributed by atoms with Gasteiger partial charge in [0.25, 0.3) is 5.91 Å². The van der Waals surface area contributed by atoms with Gasteiger partial charge in [-0.3, -0.25) is 9.59 Å². The first-order valence-electron chi connectivity index (χ1n) is 6.18. The van der Waals surface area contributed by atoms with Gasteiger partial charge in [-0.05, 0) is 28.3 Å². The second kappa shape index (κ2) is 6.00. The molecule has 2 amide bonds. The van der Waals surface area contributed by atoms with Crippen LogP contribution in [0.1, 0.15) is 30.8 Å². The molecular weight excluding hydrogens is 330 g/mol. The third-order valence-electron chi connectivity index (χ3n) is 3.01. The lowest BCUT2D eigenvalue weighted by Gasteiger charge is -2.35. The molecule has 7 heteroatoms. The smallest absolute Gasteiger partial charge is 0.275 e. The number of hydrogen-bond donors (Lipinski definition) is 1. The fraction of sp³-hybridized carbons (Fsp3) is 0.583. The van der Waals surface area contributed by atoms with Gasteiger partial charge in [-0.15, -0.1) is 11.3 Å². The minimum atomic E-state index is -0.394. The summed E-state index contributed by atoms with van der Waals surface area (Å²) in [4.78, 5) is 30.2. The van der Waals surface area contributed by atoms with Crippen molar-refractivity contribution in [2.45, 2.75) is 26.3 Å². The van der Waals surface area contributed by atoms with Gasteiger partial charge in [0.1, 0.15) is 9.83 Å². The van der Waals surface area contributed by atoms with Crippen LogP contribution >= 0.6 is 27.3 Å². The van der Waals surface area contributed by atoms with E-state index in [2.05, 4.69) is 26.2 Å². The fourth-order valence-electron chi connectivity index (χ4n) is 2.15. The van der Waals surface area contributed by atoms with Crippen molar-refractivity contribution >= 4 is 39.1 Å². The van der Waals surface area contributed by atoms with E-state index < -0.39 is 6.04 Å². The molecule has 1 fully saturated rings. The highest BCUT2D eigenvalue weighted by atomic mass is 79.9. The Bertz CT molecular complexity index is 489. The van der Waals surface area contributed by atoms with Crippen LogP contribution in [0.5, 0.6) is 0 Å². The van der Waals surface area contributed by atoms with Gasteiger partial charge in [-0.25, -0.2) is 4.98 Å². The molecule has 104 valence electrons. The van der Waals surface area contributed by atoms with E-state index in [9.17, 15) is 9.59 Å². The van der Waals surface area contributed by atoms with Crippen LogP contribution in [0.4, 0.5) is 0 Å². The molecular formula is C12H16BrN3O2S. The molecule has 0 aliphatic carbocycles. The zero-order chi connectivity index (χ0) is 14.0. The number of nitrogens with zero attached hydrogens (tertiary/aromatic N) is 2. The zero-order valence-corrected chi connectivity index (χ0v) is 13.3. The van der Waals surface area contributed by atoms with Gasteiger partial charge in [0.15, 0.2) is 5.69 Å². The number of rotatable bonds is 3. The molecule has 1 N–H and O–H groups in total. The van der Waals surface area contributed by atoms with Crippen LogP contribution in [0.3, 0.4) is 0 Å². The van der Waals surface area contributed by atoms with Crippen molar-refractivity contribution in [3.8, 4) is 0 Å².